The number of carbonyl (C=O) groups is 3. The molecule has 0 aromatic carbocycles. The normalized spacial score (nSPS) is 12.6. The van der Waals surface area contributed by atoms with Crippen LogP contribution >= 0.6 is 0 Å². The molecule has 0 aromatic heterocycles. The molecular weight excluding hydrogens is 901 g/mol. The molecule has 0 aliphatic heterocycles. The van der Waals surface area contributed by atoms with Gasteiger partial charge in [-0.25, -0.2) is 0 Å². The van der Waals surface area contributed by atoms with Gasteiger partial charge in [0.2, 0.25) is 0 Å². The number of carbonyl (C=O) groups excluding carboxylic acids is 3. The highest BCUT2D eigenvalue weighted by Gasteiger charge is 2.19. The Balaban J connectivity index is 4.19. The lowest BCUT2D eigenvalue weighted by Crippen LogP contribution is -2.30. The average Bonchev–Trinajstić information content (AvgIpc) is 3.39. The van der Waals surface area contributed by atoms with Crippen LogP contribution in [0.25, 0.3) is 0 Å². The predicted octanol–water partition coefficient (Wildman–Crippen LogP) is 21.1. The summed E-state index contributed by atoms with van der Waals surface area (Å²) in [5, 5.41) is 0. The number of allylic oxidation sites excluding steroid dienone is 14. The van der Waals surface area contributed by atoms with Crippen LogP contribution in [0, 0.1) is 0 Å². The Morgan fingerprint density at radius 3 is 0.836 bits per heavy atom. The second kappa shape index (κ2) is 61.1. The summed E-state index contributed by atoms with van der Waals surface area (Å²) < 4.78 is 16.9. The smallest absolute Gasteiger partial charge is 0.306 e. The fraction of sp³-hybridized carbons (Fsp3) is 0.746. The zero-order valence-corrected chi connectivity index (χ0v) is 48.1. The molecule has 0 spiro atoms. The molecule has 0 aliphatic rings. The van der Waals surface area contributed by atoms with Crippen molar-refractivity contribution in [3.63, 3.8) is 0 Å². The van der Waals surface area contributed by atoms with E-state index in [4.69, 9.17) is 14.2 Å². The Morgan fingerprint density at radius 1 is 0.288 bits per heavy atom. The Kier molecular flexibility index (Phi) is 58.3. The zero-order chi connectivity index (χ0) is 52.9. The van der Waals surface area contributed by atoms with E-state index in [-0.39, 0.29) is 31.1 Å². The minimum absolute atomic E-state index is 0.0731. The van der Waals surface area contributed by atoms with Gasteiger partial charge in [-0.2, -0.15) is 0 Å². The van der Waals surface area contributed by atoms with Crippen LogP contribution in [0.15, 0.2) is 85.1 Å². The monoisotopic (exact) mass is 1020 g/mol. The lowest BCUT2D eigenvalue weighted by molar-refractivity contribution is -0.167. The highest BCUT2D eigenvalue weighted by molar-refractivity contribution is 5.71. The topological polar surface area (TPSA) is 78.9 Å². The summed E-state index contributed by atoms with van der Waals surface area (Å²) >= 11 is 0. The van der Waals surface area contributed by atoms with Crippen LogP contribution in [0.2, 0.25) is 0 Å². The molecule has 0 aromatic rings. The van der Waals surface area contributed by atoms with Crippen LogP contribution < -0.4 is 0 Å². The third-order valence-corrected chi connectivity index (χ3v) is 13.4. The summed E-state index contributed by atoms with van der Waals surface area (Å²) in [5.74, 6) is -0.869. The molecule has 420 valence electrons. The van der Waals surface area contributed by atoms with Gasteiger partial charge in [0, 0.05) is 19.3 Å². The second-order valence-corrected chi connectivity index (χ2v) is 20.6. The van der Waals surface area contributed by atoms with Gasteiger partial charge in [0.1, 0.15) is 13.2 Å². The Bertz CT molecular complexity index is 1400. The number of ether oxygens (including phenoxy) is 3. The van der Waals surface area contributed by atoms with Crippen molar-refractivity contribution in [2.45, 2.75) is 309 Å². The zero-order valence-electron chi connectivity index (χ0n) is 48.1. The first-order chi connectivity index (χ1) is 36.0. The van der Waals surface area contributed by atoms with E-state index in [1.54, 1.807) is 0 Å². The highest BCUT2D eigenvalue weighted by atomic mass is 16.6. The van der Waals surface area contributed by atoms with Gasteiger partial charge in [0.15, 0.2) is 6.10 Å². The molecule has 1 unspecified atom stereocenters. The first kappa shape index (κ1) is 69.6. The Labute approximate surface area is 452 Å². The van der Waals surface area contributed by atoms with E-state index in [9.17, 15) is 14.4 Å². The van der Waals surface area contributed by atoms with Crippen molar-refractivity contribution in [2.75, 3.05) is 13.2 Å². The third-order valence-electron chi connectivity index (χ3n) is 13.4. The van der Waals surface area contributed by atoms with Crippen molar-refractivity contribution in [3.05, 3.63) is 85.1 Å². The molecule has 0 heterocycles. The summed E-state index contributed by atoms with van der Waals surface area (Å²) in [5.41, 5.74) is 0. The lowest BCUT2D eigenvalue weighted by atomic mass is 10.0. The van der Waals surface area contributed by atoms with Gasteiger partial charge in [-0.05, 0) is 77.0 Å². The first-order valence-electron chi connectivity index (χ1n) is 31.1. The molecular formula is C67H116O6. The molecule has 0 aliphatic carbocycles. The number of esters is 3. The number of unbranched alkanes of at least 4 members (excludes halogenated alkanes) is 31. The van der Waals surface area contributed by atoms with Crippen LogP contribution in [0.5, 0.6) is 0 Å². The van der Waals surface area contributed by atoms with Gasteiger partial charge >= 0.3 is 17.9 Å². The Morgan fingerprint density at radius 2 is 0.534 bits per heavy atom. The molecule has 0 saturated carbocycles. The van der Waals surface area contributed by atoms with Crippen molar-refractivity contribution >= 4 is 17.9 Å². The van der Waals surface area contributed by atoms with E-state index in [0.717, 1.165) is 109 Å². The van der Waals surface area contributed by atoms with Crippen LogP contribution in [-0.2, 0) is 28.6 Å². The molecule has 6 nitrogen and oxygen atoms in total. The van der Waals surface area contributed by atoms with Crippen molar-refractivity contribution in [3.8, 4) is 0 Å². The van der Waals surface area contributed by atoms with Crippen molar-refractivity contribution < 1.29 is 28.6 Å². The number of hydrogen-bond acceptors (Lipinski definition) is 6. The molecule has 0 N–H and O–H groups in total. The van der Waals surface area contributed by atoms with Crippen molar-refractivity contribution in [1.29, 1.82) is 0 Å². The van der Waals surface area contributed by atoms with E-state index < -0.39 is 6.10 Å². The minimum atomic E-state index is -0.774. The SMILES string of the molecule is CC/C=C\C/C=C\C/C=C\C/C=C\C/C=C\C/C=C\C/C=C\CCCCCCCCCCCC(=O)OCC(COC(=O)CCCCCCCCCCCCCC)OC(=O)CCCCCCCCCCCCCC. The van der Waals surface area contributed by atoms with Gasteiger partial charge in [0.05, 0.1) is 0 Å². The highest BCUT2D eigenvalue weighted by Crippen LogP contribution is 2.16. The maximum absolute atomic E-state index is 12.8. The predicted molar refractivity (Wildman–Crippen MR) is 316 cm³/mol. The van der Waals surface area contributed by atoms with Gasteiger partial charge in [-0.3, -0.25) is 14.4 Å². The lowest BCUT2D eigenvalue weighted by Gasteiger charge is -2.18. The molecule has 6 heteroatoms. The fourth-order valence-electron chi connectivity index (χ4n) is 8.78. The molecule has 1 atom stereocenters. The summed E-state index contributed by atoms with van der Waals surface area (Å²) in [6.07, 6.45) is 80.2. The molecule has 0 radical (unpaired) electrons. The van der Waals surface area contributed by atoms with E-state index >= 15 is 0 Å². The summed E-state index contributed by atoms with van der Waals surface area (Å²) in [6.45, 7) is 6.54. The molecule has 0 amide bonds. The third kappa shape index (κ3) is 59.3. The number of hydrogen-bond donors (Lipinski definition) is 0. The quantitative estimate of drug-likeness (QED) is 0.0261. The second-order valence-electron chi connectivity index (χ2n) is 20.6. The molecule has 73 heavy (non-hydrogen) atoms. The van der Waals surface area contributed by atoms with Gasteiger partial charge in [-0.15, -0.1) is 0 Å². The molecule has 0 fully saturated rings. The van der Waals surface area contributed by atoms with Crippen LogP contribution in [0.1, 0.15) is 303 Å². The minimum Gasteiger partial charge on any atom is -0.462 e. The van der Waals surface area contributed by atoms with Crippen LogP contribution in [-0.4, -0.2) is 37.2 Å². The average molecular weight is 1020 g/mol. The van der Waals surface area contributed by atoms with Crippen LogP contribution in [0.4, 0.5) is 0 Å². The molecule has 0 saturated heterocycles. The van der Waals surface area contributed by atoms with Gasteiger partial charge in [-0.1, -0.05) is 292 Å². The maximum Gasteiger partial charge on any atom is 0.306 e. The van der Waals surface area contributed by atoms with E-state index in [2.05, 4.69) is 106 Å². The fourth-order valence-corrected chi connectivity index (χ4v) is 8.78. The summed E-state index contributed by atoms with van der Waals surface area (Å²) in [6, 6.07) is 0. The first-order valence-corrected chi connectivity index (χ1v) is 31.1. The van der Waals surface area contributed by atoms with E-state index in [1.807, 2.05) is 0 Å². The van der Waals surface area contributed by atoms with Gasteiger partial charge < -0.3 is 14.2 Å². The van der Waals surface area contributed by atoms with Crippen molar-refractivity contribution in [1.82, 2.24) is 0 Å². The van der Waals surface area contributed by atoms with E-state index in [1.165, 1.54) is 154 Å². The number of rotatable bonds is 56. The standard InChI is InChI=1S/C67H116O6/c1-4-7-10-13-16-19-22-25-26-27-28-29-30-31-32-33-34-35-36-37-38-39-40-41-42-43-46-48-51-54-57-60-66(69)72-63-64(73-67(70)61-58-55-52-49-45-24-21-18-15-12-9-6-3)62-71-65(68)59-56-53-50-47-44-23-20-17-14-11-8-5-2/h7,10,16,19,25-26,28-29,31-32,34-35,37-38,64H,4-6,8-9,11-15,17-18,20-24,27,30,33,36,39-63H2,1-3H3/b10-7-,19-16-,26-25-,29-28-,32-31-,35-34-,38-37-. The Hall–Kier alpha value is -3.41. The van der Waals surface area contributed by atoms with Crippen molar-refractivity contribution in [2.24, 2.45) is 0 Å². The maximum atomic E-state index is 12.8. The summed E-state index contributed by atoms with van der Waals surface area (Å²) in [4.78, 5) is 38.1. The molecule has 0 bridgehead atoms. The summed E-state index contributed by atoms with van der Waals surface area (Å²) in [7, 11) is 0. The van der Waals surface area contributed by atoms with Crippen LogP contribution in [0.3, 0.4) is 0 Å². The van der Waals surface area contributed by atoms with E-state index in [0.29, 0.717) is 19.3 Å². The largest absolute Gasteiger partial charge is 0.462 e. The van der Waals surface area contributed by atoms with Gasteiger partial charge in [0.25, 0.3) is 0 Å². The molecule has 0 rings (SSSR count).